The van der Waals surface area contributed by atoms with Gasteiger partial charge in [-0.2, -0.15) is 5.10 Å². The summed E-state index contributed by atoms with van der Waals surface area (Å²) in [6.07, 6.45) is 7.04. The number of hydrogen-bond acceptors (Lipinski definition) is 8. The number of rotatable bonds is 5. The zero-order valence-electron chi connectivity index (χ0n) is 18.8. The Morgan fingerprint density at radius 2 is 1.81 bits per heavy atom. The number of aryl methyl sites for hydroxylation is 1. The fourth-order valence-corrected chi connectivity index (χ4v) is 3.91. The van der Waals surface area contributed by atoms with Gasteiger partial charge in [-0.3, -0.25) is 9.67 Å². The molecule has 3 aromatic heterocycles. The van der Waals surface area contributed by atoms with Gasteiger partial charge < -0.3 is 15.3 Å². The van der Waals surface area contributed by atoms with Gasteiger partial charge in [0.1, 0.15) is 17.1 Å². The molecular weight excluding hydrogens is 392 g/mol. The highest BCUT2D eigenvalue weighted by atomic mass is 16.3. The van der Waals surface area contributed by atoms with E-state index in [0.717, 1.165) is 60.1 Å². The average Bonchev–Trinajstić information content (AvgIpc) is 3.16. The molecule has 0 spiro atoms. The van der Waals surface area contributed by atoms with E-state index in [1.54, 1.807) is 32.4 Å². The zero-order chi connectivity index (χ0) is 22.2. The standard InChI is InChI=1S/C22H30N8O/c1-14-15(2)21(28-27-20(14)17-6-9-25-29(17)5)30-10-7-16(8-11-30)26-19-13-23-18(12-24-19)22(3,4)31/h6,9,12-13,16,31H,7-8,10-11H2,1-5H3,(H,24,26). The predicted octanol–water partition coefficient (Wildman–Crippen LogP) is 2.59. The van der Waals surface area contributed by atoms with Crippen LogP contribution in [-0.2, 0) is 12.6 Å². The first-order chi connectivity index (χ1) is 14.7. The summed E-state index contributed by atoms with van der Waals surface area (Å²) >= 11 is 0. The lowest BCUT2D eigenvalue weighted by atomic mass is 10.0. The highest BCUT2D eigenvalue weighted by Gasteiger charge is 2.24. The molecule has 0 saturated carbocycles. The van der Waals surface area contributed by atoms with Crippen LogP contribution in [0, 0.1) is 13.8 Å². The van der Waals surface area contributed by atoms with Gasteiger partial charge in [0.05, 0.1) is 23.8 Å². The number of nitrogens with zero attached hydrogens (tertiary/aromatic N) is 7. The van der Waals surface area contributed by atoms with E-state index >= 15 is 0 Å². The fraction of sp³-hybridized carbons (Fsp3) is 0.500. The van der Waals surface area contributed by atoms with Crippen molar-refractivity contribution in [3.8, 4) is 11.4 Å². The summed E-state index contributed by atoms with van der Waals surface area (Å²) in [4.78, 5) is 11.0. The summed E-state index contributed by atoms with van der Waals surface area (Å²) in [5.74, 6) is 1.69. The number of piperidine rings is 1. The van der Waals surface area contributed by atoms with Crippen LogP contribution < -0.4 is 10.2 Å². The monoisotopic (exact) mass is 422 g/mol. The molecule has 1 saturated heterocycles. The number of hydrogen-bond donors (Lipinski definition) is 2. The second-order valence-electron chi connectivity index (χ2n) is 8.71. The molecule has 3 aromatic rings. The van der Waals surface area contributed by atoms with Crippen LogP contribution in [0.4, 0.5) is 11.6 Å². The molecule has 1 aliphatic heterocycles. The summed E-state index contributed by atoms with van der Waals surface area (Å²) < 4.78 is 1.82. The van der Waals surface area contributed by atoms with Gasteiger partial charge in [-0.25, -0.2) is 4.98 Å². The third kappa shape index (κ3) is 4.36. The molecule has 4 rings (SSSR count). The van der Waals surface area contributed by atoms with E-state index in [9.17, 15) is 5.11 Å². The molecule has 1 fully saturated rings. The van der Waals surface area contributed by atoms with Crippen LogP contribution in [0.3, 0.4) is 0 Å². The van der Waals surface area contributed by atoms with E-state index in [4.69, 9.17) is 0 Å². The van der Waals surface area contributed by atoms with E-state index in [1.807, 2.05) is 17.8 Å². The Bertz CT molecular complexity index is 1050. The van der Waals surface area contributed by atoms with Crippen molar-refractivity contribution in [1.82, 2.24) is 29.9 Å². The molecule has 9 nitrogen and oxygen atoms in total. The highest BCUT2D eigenvalue weighted by molar-refractivity contribution is 5.64. The number of nitrogens with one attached hydrogen (secondary N) is 1. The van der Waals surface area contributed by atoms with Gasteiger partial charge >= 0.3 is 0 Å². The van der Waals surface area contributed by atoms with Gasteiger partial charge in [0.15, 0.2) is 5.82 Å². The maximum absolute atomic E-state index is 10.0. The molecule has 164 valence electrons. The van der Waals surface area contributed by atoms with E-state index < -0.39 is 5.60 Å². The largest absolute Gasteiger partial charge is 0.384 e. The third-order valence-corrected chi connectivity index (χ3v) is 5.99. The van der Waals surface area contributed by atoms with Gasteiger partial charge in [-0.05, 0) is 57.7 Å². The average molecular weight is 423 g/mol. The second-order valence-corrected chi connectivity index (χ2v) is 8.71. The predicted molar refractivity (Wildman–Crippen MR) is 120 cm³/mol. The maximum atomic E-state index is 10.0. The van der Waals surface area contributed by atoms with Crippen LogP contribution in [0.1, 0.15) is 43.5 Å². The lowest BCUT2D eigenvalue weighted by Crippen LogP contribution is -2.40. The topological polar surface area (TPSA) is 105 Å². The molecule has 0 bridgehead atoms. The summed E-state index contributed by atoms with van der Waals surface area (Å²) in [5, 5.41) is 26.8. The summed E-state index contributed by atoms with van der Waals surface area (Å²) in [6.45, 7) is 9.41. The van der Waals surface area contributed by atoms with Crippen molar-refractivity contribution in [2.75, 3.05) is 23.3 Å². The molecule has 31 heavy (non-hydrogen) atoms. The molecule has 0 amide bonds. The summed E-state index contributed by atoms with van der Waals surface area (Å²) in [6, 6.07) is 2.28. The van der Waals surface area contributed by atoms with Crippen LogP contribution >= 0.6 is 0 Å². The van der Waals surface area contributed by atoms with Crippen LogP contribution in [0.15, 0.2) is 24.7 Å². The SMILES string of the molecule is Cc1c(-c2ccnn2C)nnc(N2CCC(Nc3cnc(C(C)(C)O)cn3)CC2)c1C. The molecule has 0 atom stereocenters. The minimum Gasteiger partial charge on any atom is -0.384 e. The lowest BCUT2D eigenvalue weighted by molar-refractivity contribution is 0.0734. The Balaban J connectivity index is 1.41. The van der Waals surface area contributed by atoms with Crippen molar-refractivity contribution in [2.45, 2.75) is 52.2 Å². The highest BCUT2D eigenvalue weighted by Crippen LogP contribution is 2.29. The van der Waals surface area contributed by atoms with Crippen molar-refractivity contribution in [2.24, 2.45) is 7.05 Å². The molecule has 0 radical (unpaired) electrons. The molecule has 1 aliphatic rings. The molecular formula is C22H30N8O. The van der Waals surface area contributed by atoms with Crippen LogP contribution in [0.5, 0.6) is 0 Å². The van der Waals surface area contributed by atoms with Crippen molar-refractivity contribution >= 4 is 11.6 Å². The van der Waals surface area contributed by atoms with Gasteiger partial charge in [0.2, 0.25) is 0 Å². The molecule has 4 heterocycles. The molecule has 2 N–H and O–H groups in total. The van der Waals surface area contributed by atoms with Crippen LogP contribution in [0.25, 0.3) is 11.4 Å². The maximum Gasteiger partial charge on any atom is 0.154 e. The number of aromatic nitrogens is 6. The van der Waals surface area contributed by atoms with E-state index in [1.165, 1.54) is 0 Å². The minimum atomic E-state index is -0.986. The van der Waals surface area contributed by atoms with Gasteiger partial charge in [-0.15, -0.1) is 10.2 Å². The van der Waals surface area contributed by atoms with E-state index in [2.05, 4.69) is 49.3 Å². The van der Waals surface area contributed by atoms with Crippen molar-refractivity contribution in [1.29, 1.82) is 0 Å². The summed E-state index contributed by atoms with van der Waals surface area (Å²) in [7, 11) is 1.92. The van der Waals surface area contributed by atoms with E-state index in [0.29, 0.717) is 11.7 Å². The normalized spacial score (nSPS) is 15.4. The Kier molecular flexibility index (Phi) is 5.62. The van der Waals surface area contributed by atoms with Crippen LogP contribution in [0.2, 0.25) is 0 Å². The molecule has 0 aromatic carbocycles. The van der Waals surface area contributed by atoms with Gasteiger partial charge in [0, 0.05) is 32.4 Å². The van der Waals surface area contributed by atoms with Gasteiger partial charge in [0.25, 0.3) is 0 Å². The van der Waals surface area contributed by atoms with Crippen LogP contribution in [-0.4, -0.2) is 54.2 Å². The fourth-order valence-electron chi connectivity index (χ4n) is 3.91. The first-order valence-electron chi connectivity index (χ1n) is 10.6. The first kappa shape index (κ1) is 21.2. The Labute approximate surface area is 182 Å². The van der Waals surface area contributed by atoms with Crippen molar-refractivity contribution in [3.63, 3.8) is 0 Å². The second kappa shape index (κ2) is 8.22. The first-order valence-corrected chi connectivity index (χ1v) is 10.6. The number of anilines is 2. The summed E-state index contributed by atoms with van der Waals surface area (Å²) in [5.41, 5.74) is 3.72. The Morgan fingerprint density at radius 1 is 1.06 bits per heavy atom. The quantitative estimate of drug-likeness (QED) is 0.646. The molecule has 0 aliphatic carbocycles. The number of aliphatic hydroxyl groups is 1. The Morgan fingerprint density at radius 3 is 2.39 bits per heavy atom. The third-order valence-electron chi connectivity index (χ3n) is 5.99. The van der Waals surface area contributed by atoms with Crippen molar-refractivity contribution < 1.29 is 5.11 Å². The van der Waals surface area contributed by atoms with Gasteiger partial charge in [-0.1, -0.05) is 0 Å². The zero-order valence-corrected chi connectivity index (χ0v) is 18.8. The smallest absolute Gasteiger partial charge is 0.154 e. The molecule has 9 heteroatoms. The molecule has 0 unspecified atom stereocenters. The minimum absolute atomic E-state index is 0.321. The van der Waals surface area contributed by atoms with Crippen molar-refractivity contribution in [3.05, 3.63) is 41.5 Å². The Hall–Kier alpha value is -3.07. The van der Waals surface area contributed by atoms with E-state index in [-0.39, 0.29) is 0 Å². The lowest BCUT2D eigenvalue weighted by Gasteiger charge is -2.34.